The first kappa shape index (κ1) is 15.9. The molecule has 2 nitrogen and oxygen atoms in total. The van der Waals surface area contributed by atoms with E-state index in [1.807, 2.05) is 6.07 Å². The van der Waals surface area contributed by atoms with Crippen LogP contribution in [0.3, 0.4) is 0 Å². The Labute approximate surface area is 132 Å². The summed E-state index contributed by atoms with van der Waals surface area (Å²) in [5, 5.41) is 10.2. The first-order valence-corrected chi connectivity index (χ1v) is 7.29. The van der Waals surface area contributed by atoms with Crippen molar-refractivity contribution in [2.24, 2.45) is 0 Å². The van der Waals surface area contributed by atoms with Crippen LogP contribution < -0.4 is 0 Å². The Hall–Kier alpha value is -1.51. The van der Waals surface area contributed by atoms with Crippen LogP contribution in [0.5, 0.6) is 5.75 Å². The van der Waals surface area contributed by atoms with Gasteiger partial charge < -0.3 is 10.0 Å². The van der Waals surface area contributed by atoms with E-state index in [-0.39, 0.29) is 12.4 Å². The van der Waals surface area contributed by atoms with Gasteiger partial charge in [0.15, 0.2) is 0 Å². The van der Waals surface area contributed by atoms with Crippen LogP contribution in [0.4, 0.5) is 0 Å². The molecule has 1 heterocycles. The van der Waals surface area contributed by atoms with E-state index in [1.54, 1.807) is 6.07 Å². The largest absolute Gasteiger partial charge is 0.508 e. The Morgan fingerprint density at radius 3 is 2.24 bits per heavy atom. The van der Waals surface area contributed by atoms with E-state index in [9.17, 15) is 5.11 Å². The highest BCUT2D eigenvalue weighted by atomic mass is 35.5. The number of hydrogen-bond donors (Lipinski definition) is 1. The van der Waals surface area contributed by atoms with Crippen molar-refractivity contribution in [1.82, 2.24) is 4.90 Å². The number of fused-ring (bicyclic) bond motifs is 2. The van der Waals surface area contributed by atoms with E-state index in [2.05, 4.69) is 42.3 Å². The second-order valence-electron chi connectivity index (χ2n) is 5.66. The average Bonchev–Trinajstić information content (AvgIpc) is 2.46. The lowest BCUT2D eigenvalue weighted by Gasteiger charge is -2.22. The first-order chi connectivity index (χ1) is 9.74. The number of halogens is 1. The van der Waals surface area contributed by atoms with Gasteiger partial charge >= 0.3 is 0 Å². The molecule has 0 saturated carbocycles. The molecule has 0 aromatic heterocycles. The second kappa shape index (κ2) is 6.97. The molecule has 0 atom stereocenters. The maximum atomic E-state index is 10.2. The second-order valence-corrected chi connectivity index (χ2v) is 5.66. The number of phenols is 1. The summed E-state index contributed by atoms with van der Waals surface area (Å²) in [5.74, 6) is 0.431. The van der Waals surface area contributed by atoms with Crippen LogP contribution in [0, 0.1) is 0 Å². The zero-order valence-corrected chi connectivity index (χ0v) is 13.2. The maximum Gasteiger partial charge on any atom is 0.119 e. The minimum absolute atomic E-state index is 0. The molecule has 0 saturated heterocycles. The predicted molar refractivity (Wildman–Crippen MR) is 89.5 cm³/mol. The molecular weight excluding hydrogens is 282 g/mol. The number of hydrogen-bond acceptors (Lipinski definition) is 2. The Bertz CT molecular complexity index is 612. The molecule has 112 valence electrons. The summed E-state index contributed by atoms with van der Waals surface area (Å²) in [6.45, 7) is 2.13. The third-order valence-corrected chi connectivity index (χ3v) is 4.26. The molecule has 0 spiro atoms. The quantitative estimate of drug-likeness (QED) is 0.806. The summed E-state index contributed by atoms with van der Waals surface area (Å²) in [6, 6.07) is 14.5. The van der Waals surface area contributed by atoms with Gasteiger partial charge in [-0.15, -0.1) is 12.4 Å². The van der Waals surface area contributed by atoms with Gasteiger partial charge in [0.2, 0.25) is 0 Å². The number of rotatable bonds is 0. The Morgan fingerprint density at radius 1 is 0.857 bits per heavy atom. The van der Waals surface area contributed by atoms with Gasteiger partial charge in [-0.05, 0) is 42.6 Å². The third kappa shape index (κ3) is 3.58. The topological polar surface area (TPSA) is 23.5 Å². The molecule has 21 heavy (non-hydrogen) atoms. The molecule has 2 aromatic carbocycles. The van der Waals surface area contributed by atoms with E-state index < -0.39 is 0 Å². The van der Waals surface area contributed by atoms with Crippen molar-refractivity contribution in [2.75, 3.05) is 20.1 Å². The molecule has 0 radical (unpaired) electrons. The molecule has 0 fully saturated rings. The van der Waals surface area contributed by atoms with Gasteiger partial charge in [-0.25, -0.2) is 0 Å². The fraction of sp³-hybridized carbons (Fsp3) is 0.333. The van der Waals surface area contributed by atoms with Gasteiger partial charge in [0.25, 0.3) is 0 Å². The lowest BCUT2D eigenvalue weighted by Crippen LogP contribution is -2.25. The van der Waals surface area contributed by atoms with Gasteiger partial charge in [0.1, 0.15) is 5.75 Å². The molecule has 3 rings (SSSR count). The third-order valence-electron chi connectivity index (χ3n) is 4.26. The van der Waals surface area contributed by atoms with E-state index >= 15 is 0 Å². The molecule has 0 aliphatic carbocycles. The SMILES string of the molecule is CN1CCc2ccccc2Cc2c(O)cccc2CC1.Cl. The Kier molecular flexibility index (Phi) is 5.27. The van der Waals surface area contributed by atoms with Crippen LogP contribution in [0.1, 0.15) is 22.3 Å². The molecular formula is C18H22ClNO. The smallest absolute Gasteiger partial charge is 0.119 e. The van der Waals surface area contributed by atoms with Crippen molar-refractivity contribution >= 4 is 12.4 Å². The monoisotopic (exact) mass is 303 g/mol. The van der Waals surface area contributed by atoms with Crippen LogP contribution in [0.15, 0.2) is 42.5 Å². The highest BCUT2D eigenvalue weighted by Crippen LogP contribution is 2.27. The van der Waals surface area contributed by atoms with Crippen molar-refractivity contribution in [3.8, 4) is 5.75 Å². The Morgan fingerprint density at radius 2 is 1.48 bits per heavy atom. The highest BCUT2D eigenvalue weighted by Gasteiger charge is 2.14. The van der Waals surface area contributed by atoms with E-state index in [4.69, 9.17) is 0 Å². The lowest BCUT2D eigenvalue weighted by atomic mass is 9.92. The van der Waals surface area contributed by atoms with Crippen molar-refractivity contribution in [1.29, 1.82) is 0 Å². The van der Waals surface area contributed by atoms with Crippen LogP contribution >= 0.6 is 12.4 Å². The minimum atomic E-state index is 0. The fourth-order valence-corrected chi connectivity index (χ4v) is 2.96. The van der Waals surface area contributed by atoms with Gasteiger partial charge in [-0.2, -0.15) is 0 Å². The van der Waals surface area contributed by atoms with Gasteiger partial charge in [-0.3, -0.25) is 0 Å². The molecule has 1 N–H and O–H groups in total. The molecule has 0 unspecified atom stereocenters. The zero-order valence-electron chi connectivity index (χ0n) is 12.4. The molecule has 0 bridgehead atoms. The van der Waals surface area contributed by atoms with E-state index in [0.717, 1.165) is 37.9 Å². The van der Waals surface area contributed by atoms with Crippen molar-refractivity contribution in [2.45, 2.75) is 19.3 Å². The zero-order chi connectivity index (χ0) is 13.9. The van der Waals surface area contributed by atoms with Crippen molar-refractivity contribution in [3.05, 3.63) is 64.7 Å². The normalized spacial score (nSPS) is 15.5. The van der Waals surface area contributed by atoms with E-state index in [0.29, 0.717) is 5.75 Å². The van der Waals surface area contributed by atoms with Crippen LogP contribution in [0.25, 0.3) is 0 Å². The molecule has 3 heteroatoms. The summed E-state index contributed by atoms with van der Waals surface area (Å²) in [7, 11) is 2.17. The van der Waals surface area contributed by atoms with Gasteiger partial charge in [-0.1, -0.05) is 36.4 Å². The summed E-state index contributed by atoms with van der Waals surface area (Å²) < 4.78 is 0. The van der Waals surface area contributed by atoms with Gasteiger partial charge in [0.05, 0.1) is 0 Å². The number of aromatic hydroxyl groups is 1. The average molecular weight is 304 g/mol. The molecule has 0 amide bonds. The Balaban J connectivity index is 0.00000161. The number of benzene rings is 2. The molecule has 1 aliphatic rings. The van der Waals surface area contributed by atoms with Crippen LogP contribution in [-0.2, 0) is 19.3 Å². The summed E-state index contributed by atoms with van der Waals surface area (Å²) in [5.41, 5.74) is 5.10. The standard InChI is InChI=1S/C18H21NO.ClH/c1-19-11-9-14-5-2-3-6-16(14)13-17-15(10-12-19)7-4-8-18(17)20;/h2-8,20H,9-13H2,1H3;1H. The maximum absolute atomic E-state index is 10.2. The van der Waals surface area contributed by atoms with Crippen molar-refractivity contribution in [3.63, 3.8) is 0 Å². The first-order valence-electron chi connectivity index (χ1n) is 7.29. The number of nitrogens with zero attached hydrogens (tertiary/aromatic N) is 1. The number of phenolic OH excluding ortho intramolecular Hbond substituents is 1. The van der Waals surface area contributed by atoms with Crippen LogP contribution in [-0.4, -0.2) is 30.1 Å². The minimum Gasteiger partial charge on any atom is -0.508 e. The molecule has 1 aliphatic heterocycles. The summed E-state index contributed by atoms with van der Waals surface area (Å²) in [6.07, 6.45) is 2.92. The van der Waals surface area contributed by atoms with E-state index in [1.165, 1.54) is 16.7 Å². The van der Waals surface area contributed by atoms with Gasteiger partial charge in [0, 0.05) is 25.1 Å². The van der Waals surface area contributed by atoms with Crippen molar-refractivity contribution < 1.29 is 5.11 Å². The summed E-state index contributed by atoms with van der Waals surface area (Å²) >= 11 is 0. The number of likely N-dealkylation sites (N-methyl/N-ethyl adjacent to an activating group) is 1. The molecule has 2 aromatic rings. The predicted octanol–water partition coefficient (Wildman–Crippen LogP) is 3.44. The fourth-order valence-electron chi connectivity index (χ4n) is 2.96. The van der Waals surface area contributed by atoms with Crippen LogP contribution in [0.2, 0.25) is 0 Å². The lowest BCUT2D eigenvalue weighted by molar-refractivity contribution is 0.341. The summed E-state index contributed by atoms with van der Waals surface area (Å²) in [4.78, 5) is 2.37. The highest BCUT2D eigenvalue weighted by molar-refractivity contribution is 5.85.